The van der Waals surface area contributed by atoms with Gasteiger partial charge in [0, 0.05) is 29.7 Å². The quantitative estimate of drug-likeness (QED) is 0.619. The Kier molecular flexibility index (Phi) is 5.74. The summed E-state index contributed by atoms with van der Waals surface area (Å²) in [6.45, 7) is 0.758. The zero-order valence-electron chi connectivity index (χ0n) is 16.5. The van der Waals surface area contributed by atoms with Crippen LogP contribution in [0.15, 0.2) is 60.8 Å². The van der Waals surface area contributed by atoms with Crippen LogP contribution in [-0.4, -0.2) is 38.9 Å². The van der Waals surface area contributed by atoms with E-state index in [1.165, 1.54) is 11.1 Å². The summed E-state index contributed by atoms with van der Waals surface area (Å²) < 4.78 is 30.7. The lowest BCUT2D eigenvalue weighted by molar-refractivity contribution is 0.414. The van der Waals surface area contributed by atoms with Gasteiger partial charge in [0.25, 0.3) is 0 Å². The first-order chi connectivity index (χ1) is 14.0. The lowest BCUT2D eigenvalue weighted by Crippen LogP contribution is -2.34. The van der Waals surface area contributed by atoms with Crippen molar-refractivity contribution in [2.24, 2.45) is 0 Å². The van der Waals surface area contributed by atoms with E-state index in [0.29, 0.717) is 6.42 Å². The maximum atomic E-state index is 12.7. The summed E-state index contributed by atoms with van der Waals surface area (Å²) in [4.78, 5) is 3.16. The van der Waals surface area contributed by atoms with E-state index < -0.39 is 9.84 Å². The van der Waals surface area contributed by atoms with Crippen molar-refractivity contribution >= 4 is 26.3 Å². The largest absolute Gasteiger partial charge is 0.497 e. The highest BCUT2D eigenvalue weighted by molar-refractivity contribution is 7.90. The molecule has 1 atom stereocenters. The molecule has 0 spiro atoms. The standard InChI is InChI=1S/C23H26N2O3S/c1-28-21-8-6-17(7-9-21)18-10-12-24-20(14-18)11-13-29(26,27)16-19-15-25-23-5-3-2-4-22(19)23/h2-10,15,20,24-25H,11-14,16H2,1H3. The second-order valence-electron chi connectivity index (χ2n) is 7.51. The van der Waals surface area contributed by atoms with E-state index in [-0.39, 0.29) is 17.5 Å². The summed E-state index contributed by atoms with van der Waals surface area (Å²) in [5.41, 5.74) is 4.24. The van der Waals surface area contributed by atoms with Gasteiger partial charge in [-0.1, -0.05) is 36.4 Å². The second-order valence-corrected chi connectivity index (χ2v) is 9.69. The average molecular weight is 411 g/mol. The van der Waals surface area contributed by atoms with Gasteiger partial charge in [-0.2, -0.15) is 0 Å². The van der Waals surface area contributed by atoms with Crippen LogP contribution in [0.5, 0.6) is 5.75 Å². The van der Waals surface area contributed by atoms with Crippen LogP contribution in [0.25, 0.3) is 16.5 Å². The van der Waals surface area contributed by atoms with Crippen LogP contribution in [0.3, 0.4) is 0 Å². The molecule has 0 saturated carbocycles. The third-order valence-corrected chi connectivity index (χ3v) is 7.12. The summed E-state index contributed by atoms with van der Waals surface area (Å²) >= 11 is 0. The van der Waals surface area contributed by atoms with Gasteiger partial charge in [0.15, 0.2) is 9.84 Å². The molecule has 1 aliphatic rings. The minimum absolute atomic E-state index is 0.0743. The van der Waals surface area contributed by atoms with Gasteiger partial charge in [-0.25, -0.2) is 8.42 Å². The first kappa shape index (κ1) is 19.7. The SMILES string of the molecule is COc1ccc(C2=CCNC(CCS(=O)(=O)Cc3c[nH]c4ccccc34)C2)cc1. The Morgan fingerprint density at radius 2 is 1.90 bits per heavy atom. The number of aromatic nitrogens is 1. The van der Waals surface area contributed by atoms with Crippen molar-refractivity contribution in [2.75, 3.05) is 19.4 Å². The Hall–Kier alpha value is -2.57. The van der Waals surface area contributed by atoms with Gasteiger partial charge in [-0.15, -0.1) is 0 Å². The maximum absolute atomic E-state index is 12.7. The number of para-hydroxylation sites is 1. The molecular weight excluding hydrogens is 384 g/mol. The Bertz CT molecular complexity index is 1110. The number of benzene rings is 2. The molecule has 6 heteroatoms. The third kappa shape index (κ3) is 4.71. The number of ether oxygens (including phenoxy) is 1. The molecule has 29 heavy (non-hydrogen) atoms. The minimum atomic E-state index is -3.18. The highest BCUT2D eigenvalue weighted by Crippen LogP contribution is 2.26. The summed E-state index contributed by atoms with van der Waals surface area (Å²) in [5, 5.41) is 4.41. The highest BCUT2D eigenvalue weighted by atomic mass is 32.2. The molecule has 0 bridgehead atoms. The lowest BCUT2D eigenvalue weighted by Gasteiger charge is -2.24. The number of aromatic amines is 1. The number of hydrogen-bond acceptors (Lipinski definition) is 4. The third-order valence-electron chi connectivity index (χ3n) is 5.51. The van der Waals surface area contributed by atoms with Crippen LogP contribution in [0.4, 0.5) is 0 Å². The van der Waals surface area contributed by atoms with Gasteiger partial charge in [-0.05, 0) is 47.7 Å². The van der Waals surface area contributed by atoms with Crippen LogP contribution < -0.4 is 10.1 Å². The molecule has 1 aromatic heterocycles. The zero-order valence-corrected chi connectivity index (χ0v) is 17.3. The first-order valence-electron chi connectivity index (χ1n) is 9.86. The fourth-order valence-corrected chi connectivity index (χ4v) is 5.40. The van der Waals surface area contributed by atoms with Crippen LogP contribution >= 0.6 is 0 Å². The van der Waals surface area contributed by atoms with Crippen LogP contribution in [-0.2, 0) is 15.6 Å². The molecule has 1 unspecified atom stereocenters. The summed E-state index contributed by atoms with van der Waals surface area (Å²) in [6, 6.07) is 16.0. The molecule has 0 radical (unpaired) electrons. The molecular formula is C23H26N2O3S. The average Bonchev–Trinajstić information content (AvgIpc) is 3.15. The van der Waals surface area contributed by atoms with Crippen molar-refractivity contribution in [3.63, 3.8) is 0 Å². The Balaban J connectivity index is 1.37. The van der Waals surface area contributed by atoms with Crippen LogP contribution in [0, 0.1) is 0 Å². The predicted octanol–water partition coefficient (Wildman–Crippen LogP) is 3.93. The monoisotopic (exact) mass is 410 g/mol. The molecule has 2 N–H and O–H groups in total. The molecule has 0 aliphatic carbocycles. The fourth-order valence-electron chi connectivity index (χ4n) is 3.90. The van der Waals surface area contributed by atoms with E-state index in [0.717, 1.165) is 35.2 Å². The molecule has 3 aromatic rings. The normalized spacial score (nSPS) is 17.3. The maximum Gasteiger partial charge on any atom is 0.154 e. The van der Waals surface area contributed by atoms with Gasteiger partial charge in [-0.3, -0.25) is 0 Å². The van der Waals surface area contributed by atoms with E-state index in [2.05, 4.69) is 28.5 Å². The molecule has 5 nitrogen and oxygen atoms in total. The number of methoxy groups -OCH3 is 1. The molecule has 1 aliphatic heterocycles. The fraction of sp³-hybridized carbons (Fsp3) is 0.304. The Morgan fingerprint density at radius 3 is 2.69 bits per heavy atom. The predicted molar refractivity (Wildman–Crippen MR) is 118 cm³/mol. The molecule has 2 heterocycles. The van der Waals surface area contributed by atoms with Crippen molar-refractivity contribution in [2.45, 2.75) is 24.6 Å². The van der Waals surface area contributed by atoms with Gasteiger partial charge < -0.3 is 15.0 Å². The summed E-state index contributed by atoms with van der Waals surface area (Å²) in [6.07, 6.45) is 5.43. The topological polar surface area (TPSA) is 71.2 Å². The van der Waals surface area contributed by atoms with E-state index in [4.69, 9.17) is 4.74 Å². The zero-order chi connectivity index (χ0) is 20.3. The Morgan fingerprint density at radius 1 is 1.10 bits per heavy atom. The van der Waals surface area contributed by atoms with Crippen molar-refractivity contribution in [1.29, 1.82) is 0 Å². The number of fused-ring (bicyclic) bond motifs is 1. The van der Waals surface area contributed by atoms with Crippen LogP contribution in [0.1, 0.15) is 24.0 Å². The first-order valence-corrected chi connectivity index (χ1v) is 11.7. The van der Waals surface area contributed by atoms with E-state index in [9.17, 15) is 8.42 Å². The molecule has 152 valence electrons. The number of H-pyrrole nitrogens is 1. The van der Waals surface area contributed by atoms with Gasteiger partial charge in [0.05, 0.1) is 18.6 Å². The molecule has 4 rings (SSSR count). The van der Waals surface area contributed by atoms with Crippen molar-refractivity contribution in [3.8, 4) is 5.75 Å². The summed E-state index contributed by atoms with van der Waals surface area (Å²) in [5.74, 6) is 1.09. The second kappa shape index (κ2) is 8.43. The van der Waals surface area contributed by atoms with Gasteiger partial charge in [0.2, 0.25) is 0 Å². The highest BCUT2D eigenvalue weighted by Gasteiger charge is 2.21. The van der Waals surface area contributed by atoms with Crippen molar-refractivity contribution < 1.29 is 13.2 Å². The summed E-state index contributed by atoms with van der Waals surface area (Å²) in [7, 11) is -1.52. The Labute approximate surface area is 171 Å². The number of rotatable bonds is 7. The number of hydrogen-bond donors (Lipinski definition) is 2. The van der Waals surface area contributed by atoms with Crippen molar-refractivity contribution in [1.82, 2.24) is 10.3 Å². The number of sulfone groups is 1. The van der Waals surface area contributed by atoms with Gasteiger partial charge in [0.1, 0.15) is 5.75 Å². The molecule has 0 fully saturated rings. The molecule has 0 saturated heterocycles. The van der Waals surface area contributed by atoms with E-state index >= 15 is 0 Å². The lowest BCUT2D eigenvalue weighted by atomic mass is 9.94. The molecule has 2 aromatic carbocycles. The smallest absolute Gasteiger partial charge is 0.154 e. The van der Waals surface area contributed by atoms with Gasteiger partial charge >= 0.3 is 0 Å². The molecule has 0 amide bonds. The minimum Gasteiger partial charge on any atom is -0.497 e. The van der Waals surface area contributed by atoms with Crippen molar-refractivity contribution in [3.05, 3.63) is 71.9 Å². The van der Waals surface area contributed by atoms with E-state index in [1.54, 1.807) is 7.11 Å². The van der Waals surface area contributed by atoms with E-state index in [1.807, 2.05) is 42.6 Å². The van der Waals surface area contributed by atoms with Crippen LogP contribution in [0.2, 0.25) is 0 Å². The number of nitrogens with one attached hydrogen (secondary N) is 2.